The average molecular weight is 373 g/mol. The van der Waals surface area contributed by atoms with Gasteiger partial charge in [0.05, 0.1) is 24.0 Å². The number of rotatable bonds is 14. The van der Waals surface area contributed by atoms with Crippen LogP contribution in [0.15, 0.2) is 0 Å². The first-order valence-electron chi connectivity index (χ1n) is 9.65. The lowest BCUT2D eigenvalue weighted by Gasteiger charge is -2.33. The topological polar surface area (TPSA) is 89.9 Å². The zero-order valence-electron chi connectivity index (χ0n) is 17.1. The highest BCUT2D eigenvalue weighted by molar-refractivity contribution is 5.80. The molecule has 6 heteroatoms. The van der Waals surface area contributed by atoms with Crippen LogP contribution in [0.2, 0.25) is 0 Å². The molecule has 6 nitrogen and oxygen atoms in total. The lowest BCUT2D eigenvalue weighted by atomic mass is 9.72. The minimum atomic E-state index is -0.916. The molecule has 0 rings (SSSR count). The van der Waals surface area contributed by atoms with E-state index in [1.54, 1.807) is 13.8 Å². The number of carbonyl (C=O) groups is 3. The first-order valence-corrected chi connectivity index (χ1v) is 9.65. The number of aliphatic carboxylic acids is 1. The van der Waals surface area contributed by atoms with E-state index in [1.165, 1.54) is 0 Å². The van der Waals surface area contributed by atoms with Crippen LogP contribution >= 0.6 is 0 Å². The Hall–Kier alpha value is -1.59. The molecule has 152 valence electrons. The first-order chi connectivity index (χ1) is 12.1. The molecule has 0 aromatic carbocycles. The largest absolute Gasteiger partial charge is 0.481 e. The molecule has 0 saturated heterocycles. The summed E-state index contributed by atoms with van der Waals surface area (Å²) in [5, 5.41) is 8.61. The number of carboxylic acid groups (broad SMARTS) is 1. The summed E-state index contributed by atoms with van der Waals surface area (Å²) in [6, 6.07) is 0. The molecule has 0 aliphatic rings. The number of esters is 2. The average Bonchev–Trinajstić information content (AvgIpc) is 2.57. The maximum atomic E-state index is 12.5. The highest BCUT2D eigenvalue weighted by atomic mass is 16.5. The van der Waals surface area contributed by atoms with Gasteiger partial charge in [-0.05, 0) is 46.5 Å². The molecule has 0 aliphatic carbocycles. The molecule has 0 spiro atoms. The number of hydrogen-bond donors (Lipinski definition) is 1. The minimum absolute atomic E-state index is 0.0370. The van der Waals surface area contributed by atoms with Gasteiger partial charge in [-0.2, -0.15) is 0 Å². The highest BCUT2D eigenvalue weighted by Crippen LogP contribution is 2.38. The smallest absolute Gasteiger partial charge is 0.311 e. The predicted molar refractivity (Wildman–Crippen MR) is 99.7 cm³/mol. The Morgan fingerprint density at radius 3 is 1.96 bits per heavy atom. The second-order valence-corrected chi connectivity index (χ2v) is 7.80. The van der Waals surface area contributed by atoms with Crippen LogP contribution in [-0.4, -0.2) is 36.2 Å². The fraction of sp³-hybridized carbons (Fsp3) is 0.850. The van der Waals surface area contributed by atoms with Crippen molar-refractivity contribution < 1.29 is 29.0 Å². The Kier molecular flexibility index (Phi) is 11.2. The quantitative estimate of drug-likeness (QED) is 0.360. The monoisotopic (exact) mass is 372 g/mol. The van der Waals surface area contributed by atoms with Gasteiger partial charge in [0.1, 0.15) is 0 Å². The van der Waals surface area contributed by atoms with Gasteiger partial charge in [0.2, 0.25) is 0 Å². The molecule has 0 aromatic heterocycles. The van der Waals surface area contributed by atoms with Crippen molar-refractivity contribution in [1.29, 1.82) is 0 Å². The van der Waals surface area contributed by atoms with Crippen molar-refractivity contribution in [3.63, 3.8) is 0 Å². The van der Waals surface area contributed by atoms with Gasteiger partial charge in [-0.15, -0.1) is 0 Å². The fourth-order valence-corrected chi connectivity index (χ4v) is 2.84. The fourth-order valence-electron chi connectivity index (χ4n) is 2.84. The summed E-state index contributed by atoms with van der Waals surface area (Å²) in [5.74, 6) is -1.61. The molecule has 0 fully saturated rings. The molecule has 0 aromatic rings. The van der Waals surface area contributed by atoms with Crippen molar-refractivity contribution in [2.45, 2.75) is 86.0 Å². The number of carbonyl (C=O) groups excluding carboxylic acids is 2. The third-order valence-electron chi connectivity index (χ3n) is 4.66. The van der Waals surface area contributed by atoms with Crippen molar-refractivity contribution in [3.8, 4) is 0 Å². The number of ether oxygens (including phenoxy) is 2. The van der Waals surface area contributed by atoms with E-state index in [9.17, 15) is 14.4 Å². The molecule has 26 heavy (non-hydrogen) atoms. The maximum absolute atomic E-state index is 12.5. The van der Waals surface area contributed by atoms with Gasteiger partial charge >= 0.3 is 17.9 Å². The predicted octanol–water partition coefficient (Wildman–Crippen LogP) is 4.35. The van der Waals surface area contributed by atoms with Crippen LogP contribution in [0.5, 0.6) is 0 Å². The number of carboxylic acids is 1. The third-order valence-corrected chi connectivity index (χ3v) is 4.66. The highest BCUT2D eigenvalue weighted by Gasteiger charge is 2.42. The van der Waals surface area contributed by atoms with E-state index >= 15 is 0 Å². The summed E-state index contributed by atoms with van der Waals surface area (Å²) < 4.78 is 10.6. The normalized spacial score (nSPS) is 13.7. The van der Waals surface area contributed by atoms with E-state index in [0.717, 1.165) is 25.7 Å². The van der Waals surface area contributed by atoms with E-state index in [1.807, 2.05) is 13.8 Å². The number of hydrogen-bond acceptors (Lipinski definition) is 5. The van der Waals surface area contributed by atoms with Gasteiger partial charge in [-0.25, -0.2) is 0 Å². The zero-order valence-corrected chi connectivity index (χ0v) is 17.1. The van der Waals surface area contributed by atoms with E-state index in [0.29, 0.717) is 19.4 Å². The van der Waals surface area contributed by atoms with Crippen molar-refractivity contribution in [2.24, 2.45) is 10.8 Å². The summed E-state index contributed by atoms with van der Waals surface area (Å²) in [5.41, 5.74) is -1.61. The molecule has 1 atom stereocenters. The second kappa shape index (κ2) is 11.9. The zero-order chi connectivity index (χ0) is 20.2. The van der Waals surface area contributed by atoms with Crippen molar-refractivity contribution in [2.75, 3.05) is 13.2 Å². The van der Waals surface area contributed by atoms with E-state index in [4.69, 9.17) is 14.6 Å². The van der Waals surface area contributed by atoms with Crippen LogP contribution in [0.4, 0.5) is 0 Å². The minimum Gasteiger partial charge on any atom is -0.481 e. The van der Waals surface area contributed by atoms with Gasteiger partial charge in [-0.1, -0.05) is 33.1 Å². The molecule has 1 unspecified atom stereocenters. The van der Waals surface area contributed by atoms with Gasteiger partial charge in [-0.3, -0.25) is 14.4 Å². The molecule has 1 N–H and O–H groups in total. The summed E-state index contributed by atoms with van der Waals surface area (Å²) >= 11 is 0. The van der Waals surface area contributed by atoms with E-state index in [2.05, 4.69) is 6.92 Å². The SMILES string of the molecule is CCCCCCOC(=O)C(C)(CC)CC(C)(C)C(=O)OCCCC(=O)O. The van der Waals surface area contributed by atoms with E-state index in [-0.39, 0.29) is 25.4 Å². The van der Waals surface area contributed by atoms with Gasteiger partial charge in [0, 0.05) is 6.42 Å². The molecular formula is C20H36O6. The molecule has 0 aliphatic heterocycles. The summed E-state index contributed by atoms with van der Waals surface area (Å²) in [6.45, 7) is 9.83. The van der Waals surface area contributed by atoms with Gasteiger partial charge in [0.25, 0.3) is 0 Å². The van der Waals surface area contributed by atoms with Crippen LogP contribution in [-0.2, 0) is 23.9 Å². The summed E-state index contributed by atoms with van der Waals surface area (Å²) in [6.07, 6.45) is 5.28. The van der Waals surface area contributed by atoms with Crippen LogP contribution in [0.25, 0.3) is 0 Å². The van der Waals surface area contributed by atoms with Gasteiger partial charge < -0.3 is 14.6 Å². The molecule has 0 amide bonds. The molecular weight excluding hydrogens is 336 g/mol. The molecule has 0 heterocycles. The Morgan fingerprint density at radius 2 is 1.42 bits per heavy atom. The Labute approximate surface area is 157 Å². The molecule has 0 radical (unpaired) electrons. The van der Waals surface area contributed by atoms with Crippen LogP contribution in [0, 0.1) is 10.8 Å². The lowest BCUT2D eigenvalue weighted by Crippen LogP contribution is -2.38. The van der Waals surface area contributed by atoms with Crippen molar-refractivity contribution in [1.82, 2.24) is 0 Å². The van der Waals surface area contributed by atoms with E-state index < -0.39 is 22.8 Å². The maximum Gasteiger partial charge on any atom is 0.311 e. The second-order valence-electron chi connectivity index (χ2n) is 7.80. The molecule has 0 bridgehead atoms. The van der Waals surface area contributed by atoms with Crippen LogP contribution < -0.4 is 0 Å². The van der Waals surface area contributed by atoms with Crippen LogP contribution in [0.1, 0.15) is 86.0 Å². The Bertz CT molecular complexity index is 457. The Balaban J connectivity index is 4.58. The Morgan fingerprint density at radius 1 is 0.846 bits per heavy atom. The number of unbranched alkanes of at least 4 members (excludes halogenated alkanes) is 3. The first kappa shape index (κ1) is 24.4. The molecule has 0 saturated carbocycles. The van der Waals surface area contributed by atoms with Crippen LogP contribution in [0.3, 0.4) is 0 Å². The van der Waals surface area contributed by atoms with Crippen molar-refractivity contribution >= 4 is 17.9 Å². The standard InChI is InChI=1S/C20H36O6/c1-6-8-9-10-13-26-18(24)20(5,7-2)15-19(3,4)17(23)25-14-11-12-16(21)22/h6-15H2,1-5H3,(H,21,22). The van der Waals surface area contributed by atoms with Crippen molar-refractivity contribution in [3.05, 3.63) is 0 Å². The van der Waals surface area contributed by atoms with Gasteiger partial charge in [0.15, 0.2) is 0 Å². The third kappa shape index (κ3) is 9.20. The lowest BCUT2D eigenvalue weighted by molar-refractivity contribution is -0.163. The summed E-state index contributed by atoms with van der Waals surface area (Å²) in [4.78, 5) is 35.4. The summed E-state index contributed by atoms with van der Waals surface area (Å²) in [7, 11) is 0.